The van der Waals surface area contributed by atoms with Crippen LogP contribution < -0.4 is 9.47 Å². The number of carbonyl (C=O) groups is 4. The van der Waals surface area contributed by atoms with Gasteiger partial charge in [0.05, 0.1) is 22.3 Å². The number of halogens is 4. The fourth-order valence-electron chi connectivity index (χ4n) is 9.86. The average molecular weight is 1200 g/mol. The molecule has 460 valence electrons. The molecule has 0 amide bonds. The average Bonchev–Trinajstić information content (AvgIpc) is 3.69. The summed E-state index contributed by atoms with van der Waals surface area (Å²) in [7, 11) is 0. The molecule has 12 nitrogen and oxygen atoms in total. The van der Waals surface area contributed by atoms with Gasteiger partial charge in [0.2, 0.25) is 0 Å². The molecule has 0 atom stereocenters. The maximum absolute atomic E-state index is 15.5. The van der Waals surface area contributed by atoms with Crippen molar-refractivity contribution in [1.29, 1.82) is 0 Å². The molecule has 8 aromatic carbocycles. The Balaban J connectivity index is 0.000000252. The first kappa shape index (κ1) is 66.4. The van der Waals surface area contributed by atoms with E-state index in [4.69, 9.17) is 19.7 Å². The summed E-state index contributed by atoms with van der Waals surface area (Å²) in [5.74, 6) is -3.54. The first-order chi connectivity index (χ1) is 42.0. The van der Waals surface area contributed by atoms with Crippen LogP contribution in [0.3, 0.4) is 0 Å². The lowest BCUT2D eigenvalue weighted by Crippen LogP contribution is -2.27. The second-order valence-electron chi connectivity index (χ2n) is 22.6. The highest BCUT2D eigenvalue weighted by Gasteiger charge is 2.36. The van der Waals surface area contributed by atoms with E-state index in [2.05, 4.69) is 42.7 Å². The summed E-state index contributed by atoms with van der Waals surface area (Å²) >= 11 is 0. The Kier molecular flexibility index (Phi) is 23.8. The lowest BCUT2D eigenvalue weighted by Gasteiger charge is -2.24. The number of carboxylic acids is 4. The number of rotatable bonds is 30. The van der Waals surface area contributed by atoms with Gasteiger partial charge in [-0.05, 0) is 168 Å². The van der Waals surface area contributed by atoms with Gasteiger partial charge in [-0.2, -0.15) is 17.6 Å². The van der Waals surface area contributed by atoms with E-state index in [1.807, 2.05) is 42.5 Å². The van der Waals surface area contributed by atoms with E-state index < -0.39 is 36.1 Å². The molecule has 0 radical (unpaired) electrons. The molecule has 88 heavy (non-hydrogen) atoms. The molecule has 0 aliphatic carbocycles. The predicted molar refractivity (Wildman–Crippen MR) is 332 cm³/mol. The van der Waals surface area contributed by atoms with Crippen LogP contribution in [-0.2, 0) is 53.2 Å². The SMILES string of the molecule is CC(C)(C)c1ccc(-c2ccc(C(F)(F)Oc3ccccc3CCN(CCCCC(=O)O)Cc3ccc(C(=O)O)cc3)cc2)cc1.O=C(O)CCCCN(CCc1ccccc1OC(F)(F)c1ccc(-c2ccccc2)cc1)Cc1ccc(C(=O)O)cc1. The molecule has 0 spiro atoms. The number of hydrogen-bond acceptors (Lipinski definition) is 8. The molecule has 0 heterocycles. The number of unbranched alkanes of at least 4 members (excludes halogenated alkanes) is 2. The number of nitrogens with zero attached hydrogens (tertiary/aromatic N) is 2. The van der Waals surface area contributed by atoms with Crippen molar-refractivity contribution >= 4 is 23.9 Å². The zero-order chi connectivity index (χ0) is 63.3. The molecule has 0 fully saturated rings. The lowest BCUT2D eigenvalue weighted by atomic mass is 9.86. The molecule has 0 aromatic heterocycles. The van der Waals surface area contributed by atoms with E-state index in [0.717, 1.165) is 33.4 Å². The maximum Gasteiger partial charge on any atom is 0.426 e. The van der Waals surface area contributed by atoms with E-state index in [0.29, 0.717) is 88.9 Å². The van der Waals surface area contributed by atoms with Crippen LogP contribution >= 0.6 is 0 Å². The maximum atomic E-state index is 15.5. The number of ether oxygens (including phenoxy) is 2. The minimum Gasteiger partial charge on any atom is -0.481 e. The highest BCUT2D eigenvalue weighted by atomic mass is 19.3. The zero-order valence-electron chi connectivity index (χ0n) is 49.6. The van der Waals surface area contributed by atoms with Gasteiger partial charge < -0.3 is 29.9 Å². The largest absolute Gasteiger partial charge is 0.481 e. The van der Waals surface area contributed by atoms with Crippen molar-refractivity contribution in [2.24, 2.45) is 0 Å². The number of aliphatic carboxylic acids is 2. The van der Waals surface area contributed by atoms with Crippen molar-refractivity contribution in [2.75, 3.05) is 26.2 Å². The third-order valence-electron chi connectivity index (χ3n) is 14.9. The van der Waals surface area contributed by atoms with Gasteiger partial charge >= 0.3 is 36.1 Å². The Morgan fingerprint density at radius 1 is 0.386 bits per heavy atom. The van der Waals surface area contributed by atoms with E-state index in [1.165, 1.54) is 54.1 Å². The normalized spacial score (nSPS) is 11.6. The molecule has 0 bridgehead atoms. The second kappa shape index (κ2) is 31.5. The van der Waals surface area contributed by atoms with Crippen LogP contribution in [-0.4, -0.2) is 80.3 Å². The first-order valence-electron chi connectivity index (χ1n) is 29.2. The van der Waals surface area contributed by atoms with E-state index in [9.17, 15) is 29.4 Å². The molecule has 4 N–H and O–H groups in total. The Labute approximate surface area is 511 Å². The van der Waals surface area contributed by atoms with Crippen molar-refractivity contribution < 1.29 is 66.6 Å². The van der Waals surface area contributed by atoms with Gasteiger partial charge in [0.25, 0.3) is 0 Å². The number of hydrogen-bond donors (Lipinski definition) is 4. The third kappa shape index (κ3) is 20.5. The molecule has 0 aliphatic heterocycles. The van der Waals surface area contributed by atoms with Crippen molar-refractivity contribution in [2.45, 2.75) is 103 Å². The van der Waals surface area contributed by atoms with Gasteiger partial charge in [0.1, 0.15) is 11.5 Å². The number of para-hydroxylation sites is 2. The monoisotopic (exact) mass is 1200 g/mol. The van der Waals surface area contributed by atoms with Crippen molar-refractivity contribution in [3.05, 3.63) is 250 Å². The summed E-state index contributed by atoms with van der Waals surface area (Å²) < 4.78 is 72.1. The molecule has 0 saturated heterocycles. The Morgan fingerprint density at radius 3 is 1.06 bits per heavy atom. The molecule has 8 aromatic rings. The van der Waals surface area contributed by atoms with E-state index in [1.54, 1.807) is 97.1 Å². The molecule has 0 aliphatic rings. The predicted octanol–water partition coefficient (Wildman–Crippen LogP) is 16.3. The minimum absolute atomic E-state index is 0.0219. The van der Waals surface area contributed by atoms with E-state index >= 15 is 17.6 Å². The highest BCUT2D eigenvalue weighted by Crippen LogP contribution is 2.37. The van der Waals surface area contributed by atoms with Gasteiger partial charge in [-0.15, -0.1) is 0 Å². The summed E-state index contributed by atoms with van der Waals surface area (Å²) in [6.45, 7) is 9.62. The summed E-state index contributed by atoms with van der Waals surface area (Å²) in [6, 6.07) is 56.4. The summed E-state index contributed by atoms with van der Waals surface area (Å²) in [5, 5.41) is 36.3. The topological polar surface area (TPSA) is 174 Å². The number of aromatic carboxylic acids is 2. The van der Waals surface area contributed by atoms with Crippen LogP contribution in [0.5, 0.6) is 11.5 Å². The zero-order valence-corrected chi connectivity index (χ0v) is 49.6. The summed E-state index contributed by atoms with van der Waals surface area (Å²) in [5.41, 5.74) is 7.67. The Hall–Kier alpha value is -9.12. The van der Waals surface area contributed by atoms with Gasteiger partial charge in [-0.1, -0.05) is 160 Å². The molecular weight excluding hydrogens is 1130 g/mol. The number of alkyl halides is 4. The smallest absolute Gasteiger partial charge is 0.426 e. The third-order valence-corrected chi connectivity index (χ3v) is 14.9. The van der Waals surface area contributed by atoms with Crippen molar-refractivity contribution in [1.82, 2.24) is 9.80 Å². The fourth-order valence-corrected chi connectivity index (χ4v) is 9.86. The fraction of sp³-hybridized carbons (Fsp3) is 0.278. The molecule has 16 heteroatoms. The standard InChI is InChI=1S/C38H41F2NO5.C34H33F2NO5/c1-37(2,3)32-19-15-28(16-20-32)29-17-21-33(22-18-29)38(39,40)46-34-9-5-4-8-30(34)23-25-41(24-7-6-10-35(42)43)26-27-11-13-31(14-12-27)36(44)45;35-34(36,30-19-17-27(18-20-30)26-8-2-1-3-9-26)42-31-11-5-4-10-28(31)21-23-37(22-7-6-12-32(38)39)24-25-13-15-29(16-14-25)33(40)41/h4-5,8-9,11-22H,6-7,10,23-26H2,1-3H3,(H,42,43)(H,44,45);1-5,8-11,13-20H,6-7,12,21-24H2,(H,38,39)(H,40,41). The van der Waals surface area contributed by atoms with Gasteiger partial charge in [-0.3, -0.25) is 19.4 Å². The van der Waals surface area contributed by atoms with Crippen LogP contribution in [0.15, 0.2) is 200 Å². The van der Waals surface area contributed by atoms with Crippen LogP contribution in [0.25, 0.3) is 22.3 Å². The molecule has 8 rings (SSSR count). The number of benzene rings is 8. The van der Waals surface area contributed by atoms with Crippen molar-refractivity contribution in [3.8, 4) is 33.8 Å². The summed E-state index contributed by atoms with van der Waals surface area (Å²) in [6.07, 6.45) is -3.82. The van der Waals surface area contributed by atoms with E-state index in [-0.39, 0.29) is 52.0 Å². The molecule has 0 saturated carbocycles. The van der Waals surface area contributed by atoms with Gasteiger partial charge in [0, 0.05) is 39.0 Å². The first-order valence-corrected chi connectivity index (χ1v) is 29.2. The quantitative estimate of drug-likeness (QED) is 0.0248. The Bertz CT molecular complexity index is 3520. The van der Waals surface area contributed by atoms with Crippen LogP contribution in [0.2, 0.25) is 0 Å². The second-order valence-corrected chi connectivity index (χ2v) is 22.6. The van der Waals surface area contributed by atoms with Crippen molar-refractivity contribution in [3.63, 3.8) is 0 Å². The molecular formula is C72H74F4N2O10. The molecule has 0 unspecified atom stereocenters. The van der Waals surface area contributed by atoms with Crippen LogP contribution in [0.4, 0.5) is 17.6 Å². The van der Waals surface area contributed by atoms with Crippen LogP contribution in [0.1, 0.15) is 119 Å². The highest BCUT2D eigenvalue weighted by molar-refractivity contribution is 5.88. The summed E-state index contributed by atoms with van der Waals surface area (Å²) in [4.78, 5) is 48.5. The lowest BCUT2D eigenvalue weighted by molar-refractivity contribution is -0.186. The minimum atomic E-state index is -3.56. The number of carboxylic acid groups (broad SMARTS) is 4. The Morgan fingerprint density at radius 2 is 0.716 bits per heavy atom. The van der Waals surface area contributed by atoms with Gasteiger partial charge in [-0.25, -0.2) is 9.59 Å². The van der Waals surface area contributed by atoms with Gasteiger partial charge in [0.15, 0.2) is 0 Å². The van der Waals surface area contributed by atoms with Crippen LogP contribution in [0, 0.1) is 0 Å².